The first-order valence-corrected chi connectivity index (χ1v) is 8.62. The Balaban J connectivity index is 1.46. The van der Waals surface area contributed by atoms with Gasteiger partial charge in [-0.05, 0) is 54.1 Å². The van der Waals surface area contributed by atoms with Crippen molar-refractivity contribution in [2.75, 3.05) is 11.9 Å². The molecule has 0 bridgehead atoms. The molecule has 0 atom stereocenters. The van der Waals surface area contributed by atoms with Crippen LogP contribution < -0.4 is 14.8 Å². The van der Waals surface area contributed by atoms with Crippen molar-refractivity contribution in [2.24, 2.45) is 0 Å². The van der Waals surface area contributed by atoms with Gasteiger partial charge in [-0.2, -0.15) is 0 Å². The molecule has 0 aliphatic carbocycles. The minimum absolute atomic E-state index is 0.210. The van der Waals surface area contributed by atoms with E-state index in [1.165, 1.54) is 18.2 Å². The first-order valence-electron chi connectivity index (χ1n) is 8.24. The van der Waals surface area contributed by atoms with E-state index in [0.717, 1.165) is 5.56 Å². The molecule has 0 heterocycles. The second-order valence-corrected chi connectivity index (χ2v) is 6.17. The Morgan fingerprint density at radius 3 is 2.37 bits per heavy atom. The summed E-state index contributed by atoms with van der Waals surface area (Å²) < 4.78 is 24.0. The molecule has 3 aromatic rings. The maximum atomic E-state index is 13.1. The monoisotopic (exact) mass is 385 g/mol. The van der Waals surface area contributed by atoms with Crippen molar-refractivity contribution in [3.8, 4) is 11.5 Å². The highest BCUT2D eigenvalue weighted by molar-refractivity contribution is 6.30. The lowest BCUT2D eigenvalue weighted by molar-refractivity contribution is -0.118. The van der Waals surface area contributed by atoms with Gasteiger partial charge >= 0.3 is 0 Å². The Bertz CT molecular complexity index is 898. The molecule has 1 N–H and O–H groups in total. The zero-order chi connectivity index (χ0) is 19.1. The van der Waals surface area contributed by atoms with Crippen molar-refractivity contribution >= 4 is 23.2 Å². The molecule has 0 spiro atoms. The number of ether oxygens (including phenoxy) is 2. The SMILES string of the molecule is O=C(COc1cccc(F)c1)Nc1ccc(OCc2ccc(Cl)cc2)cc1. The van der Waals surface area contributed by atoms with E-state index in [1.54, 1.807) is 30.3 Å². The van der Waals surface area contributed by atoms with Crippen LogP contribution in [0.2, 0.25) is 5.02 Å². The van der Waals surface area contributed by atoms with Crippen molar-refractivity contribution in [2.45, 2.75) is 6.61 Å². The van der Waals surface area contributed by atoms with Crippen LogP contribution in [0.5, 0.6) is 11.5 Å². The van der Waals surface area contributed by atoms with E-state index in [-0.39, 0.29) is 12.5 Å². The maximum Gasteiger partial charge on any atom is 0.262 e. The number of hydrogen-bond donors (Lipinski definition) is 1. The van der Waals surface area contributed by atoms with E-state index in [1.807, 2.05) is 24.3 Å². The third-order valence-electron chi connectivity index (χ3n) is 3.62. The minimum Gasteiger partial charge on any atom is -0.489 e. The summed E-state index contributed by atoms with van der Waals surface area (Å²) in [5, 5.41) is 3.39. The number of benzene rings is 3. The van der Waals surface area contributed by atoms with Crippen LogP contribution in [0, 0.1) is 5.82 Å². The van der Waals surface area contributed by atoms with Gasteiger partial charge in [0.1, 0.15) is 23.9 Å². The van der Waals surface area contributed by atoms with Crippen LogP contribution in [0.15, 0.2) is 72.8 Å². The highest BCUT2D eigenvalue weighted by Crippen LogP contribution is 2.18. The van der Waals surface area contributed by atoms with Gasteiger partial charge in [0, 0.05) is 16.8 Å². The predicted molar refractivity (Wildman–Crippen MR) is 103 cm³/mol. The molecule has 0 aromatic heterocycles. The van der Waals surface area contributed by atoms with Gasteiger partial charge in [-0.3, -0.25) is 4.79 Å². The fraction of sp³-hybridized carbons (Fsp3) is 0.0952. The molecule has 0 fully saturated rings. The molecule has 3 aromatic carbocycles. The highest BCUT2D eigenvalue weighted by Gasteiger charge is 2.05. The topological polar surface area (TPSA) is 47.6 Å². The Morgan fingerprint density at radius 1 is 0.926 bits per heavy atom. The van der Waals surface area contributed by atoms with Crippen molar-refractivity contribution in [1.82, 2.24) is 0 Å². The summed E-state index contributed by atoms with van der Waals surface area (Å²) in [7, 11) is 0. The van der Waals surface area contributed by atoms with E-state index >= 15 is 0 Å². The zero-order valence-corrected chi connectivity index (χ0v) is 15.1. The van der Waals surface area contributed by atoms with Crippen molar-refractivity contribution < 1.29 is 18.7 Å². The van der Waals surface area contributed by atoms with E-state index in [4.69, 9.17) is 21.1 Å². The third-order valence-corrected chi connectivity index (χ3v) is 3.87. The number of halogens is 2. The van der Waals surface area contributed by atoms with Gasteiger partial charge in [-0.25, -0.2) is 4.39 Å². The lowest BCUT2D eigenvalue weighted by atomic mass is 10.2. The molecule has 3 rings (SSSR count). The van der Waals surface area contributed by atoms with Crippen molar-refractivity contribution in [3.63, 3.8) is 0 Å². The summed E-state index contributed by atoms with van der Waals surface area (Å²) >= 11 is 5.85. The van der Waals surface area contributed by atoms with E-state index in [2.05, 4.69) is 5.32 Å². The first kappa shape index (κ1) is 18.7. The van der Waals surface area contributed by atoms with Gasteiger partial charge in [0.15, 0.2) is 6.61 Å². The number of carbonyl (C=O) groups is 1. The van der Waals surface area contributed by atoms with Crippen LogP contribution in [0.3, 0.4) is 0 Å². The number of amides is 1. The second kappa shape index (κ2) is 9.05. The lowest BCUT2D eigenvalue weighted by Gasteiger charge is -2.09. The van der Waals surface area contributed by atoms with Gasteiger partial charge in [0.05, 0.1) is 0 Å². The van der Waals surface area contributed by atoms with E-state index < -0.39 is 5.82 Å². The third kappa shape index (κ3) is 6.01. The summed E-state index contributed by atoms with van der Waals surface area (Å²) in [6.07, 6.45) is 0. The van der Waals surface area contributed by atoms with Gasteiger partial charge < -0.3 is 14.8 Å². The number of anilines is 1. The van der Waals surface area contributed by atoms with E-state index in [0.29, 0.717) is 28.8 Å². The maximum absolute atomic E-state index is 13.1. The van der Waals surface area contributed by atoms with Crippen LogP contribution in [-0.2, 0) is 11.4 Å². The van der Waals surface area contributed by atoms with Crippen molar-refractivity contribution in [1.29, 1.82) is 0 Å². The predicted octanol–water partition coefficient (Wildman–Crippen LogP) is 5.08. The summed E-state index contributed by atoms with van der Waals surface area (Å²) in [6, 6.07) is 20.0. The molecule has 4 nitrogen and oxygen atoms in total. The number of nitrogens with one attached hydrogen (secondary N) is 1. The first-order chi connectivity index (χ1) is 13.1. The Labute approximate surface area is 161 Å². The molecule has 6 heteroatoms. The minimum atomic E-state index is -0.415. The van der Waals surface area contributed by atoms with Crippen LogP contribution >= 0.6 is 11.6 Å². The van der Waals surface area contributed by atoms with E-state index in [9.17, 15) is 9.18 Å². The van der Waals surface area contributed by atoms with Gasteiger partial charge in [-0.1, -0.05) is 29.8 Å². The number of hydrogen-bond acceptors (Lipinski definition) is 3. The molecule has 0 saturated heterocycles. The van der Waals surface area contributed by atoms with Crippen LogP contribution in [0.1, 0.15) is 5.56 Å². The van der Waals surface area contributed by atoms with Crippen molar-refractivity contribution in [3.05, 3.63) is 89.2 Å². The summed E-state index contributed by atoms with van der Waals surface area (Å²) in [6.45, 7) is 0.211. The number of rotatable bonds is 7. The molecule has 1 amide bonds. The fourth-order valence-electron chi connectivity index (χ4n) is 2.28. The Morgan fingerprint density at radius 2 is 1.67 bits per heavy atom. The summed E-state index contributed by atoms with van der Waals surface area (Å²) in [5.41, 5.74) is 1.62. The normalized spacial score (nSPS) is 10.3. The molecular weight excluding hydrogens is 369 g/mol. The zero-order valence-electron chi connectivity index (χ0n) is 14.3. The lowest BCUT2D eigenvalue weighted by Crippen LogP contribution is -2.20. The smallest absolute Gasteiger partial charge is 0.262 e. The largest absolute Gasteiger partial charge is 0.489 e. The molecule has 0 saturated carbocycles. The quantitative estimate of drug-likeness (QED) is 0.617. The summed E-state index contributed by atoms with van der Waals surface area (Å²) in [5.74, 6) is 0.228. The van der Waals surface area contributed by atoms with Gasteiger partial charge in [0.2, 0.25) is 0 Å². The standard InChI is InChI=1S/C21H17ClFNO3/c22-16-6-4-15(5-7-16)13-26-19-10-8-18(9-11-19)24-21(25)14-27-20-3-1-2-17(23)12-20/h1-12H,13-14H2,(H,24,25). The fourth-order valence-corrected chi connectivity index (χ4v) is 2.41. The molecule has 0 unspecified atom stereocenters. The molecule has 0 radical (unpaired) electrons. The Kier molecular flexibility index (Phi) is 6.28. The molecule has 138 valence electrons. The summed E-state index contributed by atoms with van der Waals surface area (Å²) in [4.78, 5) is 11.9. The molecular formula is C21H17ClFNO3. The molecule has 0 aliphatic heterocycles. The molecule has 27 heavy (non-hydrogen) atoms. The average Bonchev–Trinajstić information content (AvgIpc) is 2.67. The van der Waals surface area contributed by atoms with Crippen LogP contribution in [0.25, 0.3) is 0 Å². The number of carbonyl (C=O) groups excluding carboxylic acids is 1. The van der Waals surface area contributed by atoms with Gasteiger partial charge in [0.25, 0.3) is 5.91 Å². The van der Waals surface area contributed by atoms with Crippen LogP contribution in [0.4, 0.5) is 10.1 Å². The second-order valence-electron chi connectivity index (χ2n) is 5.73. The molecule has 0 aliphatic rings. The average molecular weight is 386 g/mol. The van der Waals surface area contributed by atoms with Gasteiger partial charge in [-0.15, -0.1) is 0 Å². The Hall–Kier alpha value is -3.05. The highest BCUT2D eigenvalue weighted by atomic mass is 35.5. The van der Waals surface area contributed by atoms with Crippen LogP contribution in [-0.4, -0.2) is 12.5 Å².